The number of tetrazole rings is 1. The van der Waals surface area contributed by atoms with Gasteiger partial charge in [-0.25, -0.2) is 9.48 Å². The lowest BCUT2D eigenvalue weighted by atomic mass is 10.2. The maximum atomic E-state index is 11.8. The number of carboxylic acids is 1. The number of rotatable bonds is 7. The Morgan fingerprint density at radius 3 is 2.91 bits per heavy atom. The second-order valence-electron chi connectivity index (χ2n) is 4.78. The molecule has 0 aliphatic heterocycles. The van der Waals surface area contributed by atoms with E-state index in [1.807, 2.05) is 13.0 Å². The van der Waals surface area contributed by atoms with Gasteiger partial charge in [0.05, 0.1) is 0 Å². The van der Waals surface area contributed by atoms with Gasteiger partial charge in [0, 0.05) is 30.8 Å². The van der Waals surface area contributed by atoms with Crippen LogP contribution in [0.3, 0.4) is 0 Å². The van der Waals surface area contributed by atoms with Gasteiger partial charge in [-0.05, 0) is 35.9 Å². The SMILES string of the molecule is CCn1nnnc1-c1cccc(NC(=O)NCCCC(=O)O)c1. The lowest BCUT2D eigenvalue weighted by Crippen LogP contribution is -2.29. The number of carbonyl (C=O) groups excluding carboxylic acids is 1. The van der Waals surface area contributed by atoms with Gasteiger partial charge in [0.1, 0.15) is 0 Å². The van der Waals surface area contributed by atoms with Crippen LogP contribution in [-0.4, -0.2) is 43.9 Å². The van der Waals surface area contributed by atoms with Crippen molar-refractivity contribution in [3.63, 3.8) is 0 Å². The molecule has 2 rings (SSSR count). The first-order valence-corrected chi connectivity index (χ1v) is 7.23. The molecule has 2 aromatic rings. The molecule has 3 N–H and O–H groups in total. The molecular weight excluding hydrogens is 300 g/mol. The summed E-state index contributed by atoms with van der Waals surface area (Å²) in [6.07, 6.45) is 0.406. The summed E-state index contributed by atoms with van der Waals surface area (Å²) < 4.78 is 1.66. The fourth-order valence-electron chi connectivity index (χ4n) is 1.98. The molecule has 0 radical (unpaired) electrons. The van der Waals surface area contributed by atoms with Crippen LogP contribution in [0.2, 0.25) is 0 Å². The van der Waals surface area contributed by atoms with Crippen LogP contribution in [0.1, 0.15) is 19.8 Å². The Bertz CT molecular complexity index is 685. The quantitative estimate of drug-likeness (QED) is 0.662. The van der Waals surface area contributed by atoms with Gasteiger partial charge in [-0.15, -0.1) is 5.10 Å². The van der Waals surface area contributed by atoms with E-state index in [1.165, 1.54) is 0 Å². The van der Waals surface area contributed by atoms with Crippen molar-refractivity contribution >= 4 is 17.7 Å². The lowest BCUT2D eigenvalue weighted by Gasteiger charge is -2.08. The molecule has 0 atom stereocenters. The monoisotopic (exact) mass is 318 g/mol. The first kappa shape index (κ1) is 16.4. The molecule has 2 amide bonds. The average Bonchev–Trinajstić information content (AvgIpc) is 3.00. The number of nitrogens with one attached hydrogen (secondary N) is 2. The summed E-state index contributed by atoms with van der Waals surface area (Å²) in [5.41, 5.74) is 1.39. The van der Waals surface area contributed by atoms with Crippen molar-refractivity contribution in [2.45, 2.75) is 26.3 Å². The second kappa shape index (κ2) is 7.87. The number of aliphatic carboxylic acids is 1. The highest BCUT2D eigenvalue weighted by molar-refractivity contribution is 5.89. The predicted octanol–water partition coefficient (Wildman–Crippen LogP) is 1.35. The Morgan fingerprint density at radius 1 is 1.35 bits per heavy atom. The smallest absolute Gasteiger partial charge is 0.319 e. The maximum absolute atomic E-state index is 11.8. The van der Waals surface area contributed by atoms with Crippen LogP contribution in [0, 0.1) is 0 Å². The van der Waals surface area contributed by atoms with E-state index in [0.717, 1.165) is 5.56 Å². The van der Waals surface area contributed by atoms with E-state index in [9.17, 15) is 9.59 Å². The van der Waals surface area contributed by atoms with Crippen molar-refractivity contribution in [2.75, 3.05) is 11.9 Å². The van der Waals surface area contributed by atoms with E-state index in [1.54, 1.807) is 22.9 Å². The number of hydrogen-bond acceptors (Lipinski definition) is 5. The van der Waals surface area contributed by atoms with Gasteiger partial charge in [0.25, 0.3) is 0 Å². The Balaban J connectivity index is 1.95. The minimum Gasteiger partial charge on any atom is -0.481 e. The molecule has 0 bridgehead atoms. The van der Waals surface area contributed by atoms with Gasteiger partial charge in [-0.3, -0.25) is 4.79 Å². The largest absolute Gasteiger partial charge is 0.481 e. The highest BCUT2D eigenvalue weighted by atomic mass is 16.4. The molecule has 1 aromatic heterocycles. The molecule has 0 aliphatic rings. The topological polar surface area (TPSA) is 122 Å². The minimum atomic E-state index is -0.881. The van der Waals surface area contributed by atoms with Crippen LogP contribution in [0.25, 0.3) is 11.4 Å². The van der Waals surface area contributed by atoms with E-state index in [0.29, 0.717) is 31.0 Å². The zero-order chi connectivity index (χ0) is 16.7. The standard InChI is InChI=1S/C14H18N6O3/c1-2-20-13(17-18-19-20)10-5-3-6-11(9-10)16-14(23)15-8-4-7-12(21)22/h3,5-6,9H,2,4,7-8H2,1H3,(H,21,22)(H2,15,16,23). The molecule has 0 saturated heterocycles. The van der Waals surface area contributed by atoms with E-state index in [4.69, 9.17) is 5.11 Å². The number of carbonyl (C=O) groups is 2. The van der Waals surface area contributed by atoms with E-state index >= 15 is 0 Å². The summed E-state index contributed by atoms with van der Waals surface area (Å²) in [5, 5.41) is 25.3. The molecule has 23 heavy (non-hydrogen) atoms. The van der Waals surface area contributed by atoms with Gasteiger partial charge < -0.3 is 15.7 Å². The molecule has 1 heterocycles. The molecule has 9 heteroatoms. The van der Waals surface area contributed by atoms with Crippen molar-refractivity contribution in [3.8, 4) is 11.4 Å². The minimum absolute atomic E-state index is 0.0233. The zero-order valence-corrected chi connectivity index (χ0v) is 12.7. The van der Waals surface area contributed by atoms with Crippen molar-refractivity contribution in [3.05, 3.63) is 24.3 Å². The second-order valence-corrected chi connectivity index (χ2v) is 4.78. The third-order valence-electron chi connectivity index (χ3n) is 3.06. The van der Waals surface area contributed by atoms with E-state index in [-0.39, 0.29) is 12.5 Å². The van der Waals surface area contributed by atoms with Crippen LogP contribution >= 0.6 is 0 Å². The van der Waals surface area contributed by atoms with Crippen LogP contribution in [0.15, 0.2) is 24.3 Å². The first-order valence-electron chi connectivity index (χ1n) is 7.23. The summed E-state index contributed by atoms with van der Waals surface area (Å²) in [6, 6.07) is 6.79. The molecule has 122 valence electrons. The molecular formula is C14H18N6O3. The Labute approximate surface area is 132 Å². The number of aromatic nitrogens is 4. The van der Waals surface area contributed by atoms with Gasteiger partial charge in [0.15, 0.2) is 5.82 Å². The summed E-state index contributed by atoms with van der Waals surface area (Å²) in [5.74, 6) is -0.258. The first-order chi connectivity index (χ1) is 11.1. The van der Waals surface area contributed by atoms with Crippen molar-refractivity contribution in [1.29, 1.82) is 0 Å². The molecule has 9 nitrogen and oxygen atoms in total. The Hall–Kier alpha value is -2.97. The molecule has 1 aromatic carbocycles. The number of anilines is 1. The third kappa shape index (κ3) is 4.77. The van der Waals surface area contributed by atoms with E-state index < -0.39 is 5.97 Å². The van der Waals surface area contributed by atoms with Crippen molar-refractivity contribution < 1.29 is 14.7 Å². The fraction of sp³-hybridized carbons (Fsp3) is 0.357. The maximum Gasteiger partial charge on any atom is 0.319 e. The highest BCUT2D eigenvalue weighted by Gasteiger charge is 2.09. The van der Waals surface area contributed by atoms with Crippen LogP contribution in [-0.2, 0) is 11.3 Å². The van der Waals surface area contributed by atoms with E-state index in [2.05, 4.69) is 26.2 Å². The zero-order valence-electron chi connectivity index (χ0n) is 12.7. The fourth-order valence-corrected chi connectivity index (χ4v) is 1.98. The summed E-state index contributed by atoms with van der Waals surface area (Å²) in [4.78, 5) is 22.2. The Kier molecular flexibility index (Phi) is 5.61. The number of amides is 2. The van der Waals surface area contributed by atoms with Gasteiger partial charge in [-0.1, -0.05) is 12.1 Å². The van der Waals surface area contributed by atoms with Gasteiger partial charge in [-0.2, -0.15) is 0 Å². The Morgan fingerprint density at radius 2 is 2.17 bits per heavy atom. The van der Waals surface area contributed by atoms with Crippen molar-refractivity contribution in [2.24, 2.45) is 0 Å². The predicted molar refractivity (Wildman–Crippen MR) is 82.8 cm³/mol. The summed E-state index contributed by atoms with van der Waals surface area (Å²) in [7, 11) is 0. The molecule has 0 unspecified atom stereocenters. The van der Waals surface area contributed by atoms with Crippen LogP contribution in [0.4, 0.5) is 10.5 Å². The number of benzene rings is 1. The van der Waals surface area contributed by atoms with Crippen LogP contribution in [0.5, 0.6) is 0 Å². The summed E-state index contributed by atoms with van der Waals surface area (Å²) >= 11 is 0. The van der Waals surface area contributed by atoms with Crippen LogP contribution < -0.4 is 10.6 Å². The molecule has 0 saturated carbocycles. The van der Waals surface area contributed by atoms with Gasteiger partial charge in [0.2, 0.25) is 0 Å². The average molecular weight is 318 g/mol. The number of hydrogen-bond donors (Lipinski definition) is 3. The number of aryl methyl sites for hydroxylation is 1. The molecule has 0 spiro atoms. The molecule has 0 fully saturated rings. The number of urea groups is 1. The lowest BCUT2D eigenvalue weighted by molar-refractivity contribution is -0.137. The molecule has 0 aliphatic carbocycles. The number of carboxylic acid groups (broad SMARTS) is 1. The van der Waals surface area contributed by atoms with Crippen molar-refractivity contribution in [1.82, 2.24) is 25.5 Å². The normalized spacial score (nSPS) is 10.3. The number of nitrogens with zero attached hydrogens (tertiary/aromatic N) is 4. The highest BCUT2D eigenvalue weighted by Crippen LogP contribution is 2.19. The van der Waals surface area contributed by atoms with Gasteiger partial charge >= 0.3 is 12.0 Å². The summed E-state index contributed by atoms with van der Waals surface area (Å²) in [6.45, 7) is 2.88. The third-order valence-corrected chi connectivity index (χ3v) is 3.06.